The summed E-state index contributed by atoms with van der Waals surface area (Å²) in [4.78, 5) is 42.7. The molecule has 7 rings (SSSR count). The number of amides is 2. The second-order valence-corrected chi connectivity index (χ2v) is 10.7. The number of rotatable bonds is 4. The number of aryl methyl sites for hydroxylation is 3. The van der Waals surface area contributed by atoms with Gasteiger partial charge in [-0.1, -0.05) is 84.4 Å². The van der Waals surface area contributed by atoms with Gasteiger partial charge >= 0.3 is 0 Å². The van der Waals surface area contributed by atoms with Gasteiger partial charge in [0.2, 0.25) is 0 Å². The molecule has 2 heterocycles. The largest absolute Gasteiger partial charge is 0.308 e. The number of anilines is 1. The third-order valence-electron chi connectivity index (χ3n) is 7.96. The molecule has 0 fully saturated rings. The Hall–Kier alpha value is -5.29. The fraction of sp³-hybridized carbons (Fsp3) is 0.0833. The number of carbonyl (C=O) groups excluding carboxylic acids is 3. The molecule has 0 spiro atoms. The highest BCUT2D eigenvalue weighted by Crippen LogP contribution is 2.39. The van der Waals surface area contributed by atoms with E-state index in [1.165, 1.54) is 4.90 Å². The van der Waals surface area contributed by atoms with Gasteiger partial charge in [0.15, 0.2) is 5.78 Å². The first kappa shape index (κ1) is 24.7. The van der Waals surface area contributed by atoms with Crippen LogP contribution in [-0.2, 0) is 0 Å². The van der Waals surface area contributed by atoms with Crippen molar-refractivity contribution in [3.8, 4) is 5.69 Å². The van der Waals surface area contributed by atoms with E-state index < -0.39 is 0 Å². The Bertz CT molecular complexity index is 2060. The second-order valence-electron chi connectivity index (χ2n) is 10.7. The first-order valence-electron chi connectivity index (χ1n) is 13.6. The third kappa shape index (κ3) is 3.66. The van der Waals surface area contributed by atoms with Gasteiger partial charge in [0, 0.05) is 21.9 Å². The van der Waals surface area contributed by atoms with Crippen LogP contribution in [0.2, 0.25) is 0 Å². The SMILES string of the molecule is Cc1cc(C)c(N2C(=O)c3cccc(-n4c5ccccc5c5ccc(C(=O)c6ccccc6)cc54)c3C2=O)c(C)c1. The smallest absolute Gasteiger partial charge is 0.268 e. The highest BCUT2D eigenvalue weighted by atomic mass is 16.2. The highest BCUT2D eigenvalue weighted by molar-refractivity contribution is 6.36. The molecule has 0 aliphatic carbocycles. The number of imide groups is 1. The van der Waals surface area contributed by atoms with E-state index in [1.54, 1.807) is 18.2 Å². The fourth-order valence-electron chi connectivity index (χ4n) is 6.31. The Kier molecular flexibility index (Phi) is 5.51. The van der Waals surface area contributed by atoms with Gasteiger partial charge in [-0.05, 0) is 56.2 Å². The van der Waals surface area contributed by atoms with Crippen LogP contribution < -0.4 is 4.90 Å². The summed E-state index contributed by atoms with van der Waals surface area (Å²) in [5.74, 6) is -0.758. The van der Waals surface area contributed by atoms with Crippen LogP contribution in [0.4, 0.5) is 5.69 Å². The summed E-state index contributed by atoms with van der Waals surface area (Å²) in [5.41, 5.74) is 7.64. The molecule has 1 aliphatic rings. The molecule has 5 nitrogen and oxygen atoms in total. The molecule has 1 aromatic heterocycles. The Balaban J connectivity index is 1.47. The van der Waals surface area contributed by atoms with Crippen molar-refractivity contribution < 1.29 is 14.4 Å². The normalized spacial score (nSPS) is 12.9. The van der Waals surface area contributed by atoms with Gasteiger partial charge < -0.3 is 4.57 Å². The van der Waals surface area contributed by atoms with E-state index in [4.69, 9.17) is 0 Å². The van der Waals surface area contributed by atoms with Gasteiger partial charge in [-0.25, -0.2) is 4.90 Å². The van der Waals surface area contributed by atoms with Crippen molar-refractivity contribution in [2.24, 2.45) is 0 Å². The third-order valence-corrected chi connectivity index (χ3v) is 7.96. The summed E-state index contributed by atoms with van der Waals surface area (Å²) in [5, 5.41) is 1.96. The molecule has 0 radical (unpaired) electrons. The standard InChI is InChI=1S/C36H26N2O3/c1-21-18-22(2)33(23(3)19-21)38-35(40)28-13-9-15-30(32(28)36(38)41)37-29-14-8-7-12-26(29)27-17-16-25(20-31(27)37)34(39)24-10-5-4-6-11-24/h4-20H,1-3H3. The van der Waals surface area contributed by atoms with Crippen LogP contribution in [0, 0.1) is 20.8 Å². The van der Waals surface area contributed by atoms with Crippen molar-refractivity contribution in [3.05, 3.63) is 142 Å². The van der Waals surface area contributed by atoms with Crippen LogP contribution in [0.25, 0.3) is 27.5 Å². The molecule has 0 bridgehead atoms. The molecule has 5 aromatic carbocycles. The molecule has 2 amide bonds. The first-order chi connectivity index (χ1) is 19.8. The number of ketones is 1. The molecular weight excluding hydrogens is 508 g/mol. The van der Waals surface area contributed by atoms with E-state index in [9.17, 15) is 14.4 Å². The van der Waals surface area contributed by atoms with Crippen molar-refractivity contribution in [2.75, 3.05) is 4.90 Å². The molecule has 0 N–H and O–H groups in total. The molecule has 0 unspecified atom stereocenters. The maximum absolute atomic E-state index is 14.2. The summed E-state index contributed by atoms with van der Waals surface area (Å²) in [6.45, 7) is 5.86. The predicted molar refractivity (Wildman–Crippen MR) is 162 cm³/mol. The maximum Gasteiger partial charge on any atom is 0.268 e. The molecular formula is C36H26N2O3. The van der Waals surface area contributed by atoms with Crippen molar-refractivity contribution in [2.45, 2.75) is 20.8 Å². The van der Waals surface area contributed by atoms with Crippen molar-refractivity contribution in [1.29, 1.82) is 0 Å². The molecule has 0 saturated carbocycles. The van der Waals surface area contributed by atoms with E-state index in [-0.39, 0.29) is 17.6 Å². The Morgan fingerprint density at radius 1 is 0.610 bits per heavy atom. The number of para-hydroxylation sites is 1. The Morgan fingerprint density at radius 3 is 2.05 bits per heavy atom. The summed E-state index contributed by atoms with van der Waals surface area (Å²) < 4.78 is 2.01. The van der Waals surface area contributed by atoms with Crippen molar-refractivity contribution in [1.82, 2.24) is 4.57 Å². The lowest BCUT2D eigenvalue weighted by Crippen LogP contribution is -2.31. The number of benzene rings is 5. The monoisotopic (exact) mass is 534 g/mol. The number of fused-ring (bicyclic) bond motifs is 4. The van der Waals surface area contributed by atoms with Crippen LogP contribution in [0.5, 0.6) is 0 Å². The predicted octanol–water partition coefficient (Wildman–Crippen LogP) is 7.74. The lowest BCUT2D eigenvalue weighted by atomic mass is 10.0. The zero-order valence-corrected chi connectivity index (χ0v) is 22.9. The van der Waals surface area contributed by atoms with E-state index in [0.717, 1.165) is 38.5 Å². The zero-order valence-electron chi connectivity index (χ0n) is 22.9. The van der Waals surface area contributed by atoms with Gasteiger partial charge in [-0.15, -0.1) is 0 Å². The second kappa shape index (κ2) is 9.14. The molecule has 6 aromatic rings. The maximum atomic E-state index is 14.2. The van der Waals surface area contributed by atoms with Gasteiger partial charge in [-0.3, -0.25) is 14.4 Å². The van der Waals surface area contributed by atoms with E-state index in [2.05, 4.69) is 0 Å². The lowest BCUT2D eigenvalue weighted by molar-refractivity contribution is 0.0924. The van der Waals surface area contributed by atoms with Gasteiger partial charge in [0.05, 0.1) is 33.5 Å². The summed E-state index contributed by atoms with van der Waals surface area (Å²) in [6, 6.07) is 32.3. The molecule has 1 aliphatic heterocycles. The average Bonchev–Trinajstić information content (AvgIpc) is 3.44. The Morgan fingerprint density at radius 2 is 1.29 bits per heavy atom. The molecule has 41 heavy (non-hydrogen) atoms. The summed E-state index contributed by atoms with van der Waals surface area (Å²) in [7, 11) is 0. The van der Waals surface area contributed by atoms with E-state index in [1.807, 2.05) is 110 Å². The highest BCUT2D eigenvalue weighted by Gasteiger charge is 2.40. The topological polar surface area (TPSA) is 59.4 Å². The number of hydrogen-bond acceptors (Lipinski definition) is 3. The minimum absolute atomic E-state index is 0.0784. The van der Waals surface area contributed by atoms with Crippen LogP contribution >= 0.6 is 0 Å². The van der Waals surface area contributed by atoms with Crippen LogP contribution in [0.15, 0.2) is 103 Å². The molecule has 0 saturated heterocycles. The minimum Gasteiger partial charge on any atom is -0.308 e. The average molecular weight is 535 g/mol. The molecule has 0 atom stereocenters. The molecule has 198 valence electrons. The number of carbonyl (C=O) groups is 3. The van der Waals surface area contributed by atoms with Crippen molar-refractivity contribution in [3.63, 3.8) is 0 Å². The fourth-order valence-corrected chi connectivity index (χ4v) is 6.31. The first-order valence-corrected chi connectivity index (χ1v) is 13.6. The quantitative estimate of drug-likeness (QED) is 0.172. The van der Waals surface area contributed by atoms with E-state index in [0.29, 0.717) is 33.6 Å². The van der Waals surface area contributed by atoms with Crippen LogP contribution in [0.3, 0.4) is 0 Å². The van der Waals surface area contributed by atoms with Gasteiger partial charge in [0.25, 0.3) is 11.8 Å². The van der Waals surface area contributed by atoms with Crippen molar-refractivity contribution >= 4 is 45.1 Å². The van der Waals surface area contributed by atoms with Crippen LogP contribution in [0.1, 0.15) is 53.3 Å². The number of nitrogens with zero attached hydrogens (tertiary/aromatic N) is 2. The summed E-state index contributed by atoms with van der Waals surface area (Å²) in [6.07, 6.45) is 0. The minimum atomic E-state index is -0.349. The summed E-state index contributed by atoms with van der Waals surface area (Å²) >= 11 is 0. The number of hydrogen-bond donors (Lipinski definition) is 0. The van der Waals surface area contributed by atoms with Gasteiger partial charge in [0.1, 0.15) is 0 Å². The lowest BCUT2D eigenvalue weighted by Gasteiger charge is -2.20. The van der Waals surface area contributed by atoms with Gasteiger partial charge in [-0.2, -0.15) is 0 Å². The number of aromatic nitrogens is 1. The van der Waals surface area contributed by atoms with E-state index >= 15 is 0 Å². The zero-order chi connectivity index (χ0) is 28.4. The van der Waals surface area contributed by atoms with Crippen LogP contribution in [-0.4, -0.2) is 22.2 Å². The Labute approximate surface area is 237 Å². The molecule has 5 heteroatoms.